The molecule has 1 aliphatic carbocycles. The van der Waals surface area contributed by atoms with Gasteiger partial charge in [-0.15, -0.1) is 0 Å². The van der Waals surface area contributed by atoms with Crippen molar-refractivity contribution in [2.45, 2.75) is 38.1 Å². The molecule has 3 aromatic rings. The maximum absolute atomic E-state index is 13.3. The lowest BCUT2D eigenvalue weighted by Crippen LogP contribution is -2.15. The molecule has 4 rings (SSSR count). The van der Waals surface area contributed by atoms with Crippen LogP contribution < -0.4 is 5.69 Å². The largest absolute Gasteiger partial charge is 0.345 e. The minimum atomic E-state index is -0.390. The highest BCUT2D eigenvalue weighted by Gasteiger charge is 2.22. The second kappa shape index (κ2) is 6.63. The highest BCUT2D eigenvalue weighted by Crippen LogP contribution is 2.36. The van der Waals surface area contributed by atoms with E-state index in [1.807, 2.05) is 6.33 Å². The monoisotopic (exact) mass is 338 g/mol. The lowest BCUT2D eigenvalue weighted by Gasteiger charge is -2.25. The summed E-state index contributed by atoms with van der Waals surface area (Å²) >= 11 is 0. The van der Waals surface area contributed by atoms with Crippen molar-refractivity contribution < 1.29 is 4.39 Å². The zero-order valence-corrected chi connectivity index (χ0v) is 13.8. The average molecular weight is 338 g/mol. The number of imidazole rings is 1. The van der Waals surface area contributed by atoms with Crippen LogP contribution in [0.1, 0.15) is 38.1 Å². The molecule has 0 atom stereocenters. The summed E-state index contributed by atoms with van der Waals surface area (Å²) in [4.78, 5) is 22.8. The molecule has 0 amide bonds. The van der Waals surface area contributed by atoms with Crippen LogP contribution in [-0.4, -0.2) is 19.5 Å². The van der Waals surface area contributed by atoms with Gasteiger partial charge < -0.3 is 9.55 Å². The van der Waals surface area contributed by atoms with E-state index in [-0.39, 0.29) is 11.5 Å². The van der Waals surface area contributed by atoms with Crippen molar-refractivity contribution >= 4 is 0 Å². The molecule has 5 nitrogen and oxygen atoms in total. The molecular formula is C19H19FN4O. The van der Waals surface area contributed by atoms with Crippen molar-refractivity contribution in [3.05, 3.63) is 59.2 Å². The first-order chi connectivity index (χ1) is 12.2. The van der Waals surface area contributed by atoms with Gasteiger partial charge in [0.05, 0.1) is 23.4 Å². The number of hydrogen-bond donors (Lipinski definition) is 1. The molecule has 1 N–H and O–H groups in total. The van der Waals surface area contributed by atoms with Crippen LogP contribution in [0.25, 0.3) is 22.6 Å². The smallest absolute Gasteiger partial charge is 0.326 e. The molecule has 2 heterocycles. The fourth-order valence-electron chi connectivity index (χ4n) is 3.59. The first kappa shape index (κ1) is 15.7. The lowest BCUT2D eigenvalue weighted by molar-refractivity contribution is 0.355. The van der Waals surface area contributed by atoms with Crippen molar-refractivity contribution in [2.24, 2.45) is 0 Å². The van der Waals surface area contributed by atoms with E-state index in [9.17, 15) is 9.18 Å². The van der Waals surface area contributed by atoms with E-state index in [1.165, 1.54) is 37.6 Å². The number of benzene rings is 1. The summed E-state index contributed by atoms with van der Waals surface area (Å²) in [6.07, 6.45) is 9.19. The van der Waals surface area contributed by atoms with Gasteiger partial charge in [0.25, 0.3) is 0 Å². The summed E-state index contributed by atoms with van der Waals surface area (Å²) in [7, 11) is 0. The van der Waals surface area contributed by atoms with E-state index >= 15 is 0 Å². The van der Waals surface area contributed by atoms with Crippen LogP contribution in [0, 0.1) is 5.82 Å². The zero-order valence-electron chi connectivity index (χ0n) is 13.8. The van der Waals surface area contributed by atoms with Gasteiger partial charge >= 0.3 is 5.69 Å². The Morgan fingerprint density at radius 1 is 1.04 bits per heavy atom. The Morgan fingerprint density at radius 2 is 1.80 bits per heavy atom. The highest BCUT2D eigenvalue weighted by molar-refractivity contribution is 5.76. The molecule has 2 aromatic heterocycles. The Hall–Kier alpha value is -2.76. The van der Waals surface area contributed by atoms with Crippen LogP contribution in [-0.2, 0) is 0 Å². The van der Waals surface area contributed by atoms with Crippen LogP contribution in [0.5, 0.6) is 0 Å². The summed E-state index contributed by atoms with van der Waals surface area (Å²) in [5.74, 6) is -0.283. The Labute approximate surface area is 144 Å². The summed E-state index contributed by atoms with van der Waals surface area (Å²) in [5, 5.41) is 0. The van der Waals surface area contributed by atoms with Crippen molar-refractivity contribution in [3.63, 3.8) is 0 Å². The summed E-state index contributed by atoms with van der Waals surface area (Å²) in [6.45, 7) is 0. The molecule has 6 heteroatoms. The maximum atomic E-state index is 13.3. The van der Waals surface area contributed by atoms with Crippen LogP contribution in [0.3, 0.4) is 0 Å². The molecule has 1 aliphatic rings. The molecule has 1 saturated carbocycles. The van der Waals surface area contributed by atoms with Crippen LogP contribution in [0.15, 0.2) is 47.7 Å². The number of rotatable bonds is 3. The quantitative estimate of drug-likeness (QED) is 0.786. The molecule has 128 valence electrons. The predicted molar refractivity (Wildman–Crippen MR) is 93.6 cm³/mol. The van der Waals surface area contributed by atoms with Gasteiger partial charge in [-0.05, 0) is 43.2 Å². The fourth-order valence-corrected chi connectivity index (χ4v) is 3.59. The minimum Gasteiger partial charge on any atom is -0.326 e. The molecule has 1 fully saturated rings. The fraction of sp³-hybridized carbons (Fsp3) is 0.316. The molecule has 25 heavy (non-hydrogen) atoms. The van der Waals surface area contributed by atoms with E-state index in [2.05, 4.69) is 19.5 Å². The number of halogens is 1. The maximum Gasteiger partial charge on any atom is 0.345 e. The second-order valence-electron chi connectivity index (χ2n) is 6.44. The molecule has 0 radical (unpaired) electrons. The Bertz CT molecular complexity index is 923. The van der Waals surface area contributed by atoms with Crippen LogP contribution in [0.2, 0.25) is 0 Å². The van der Waals surface area contributed by atoms with E-state index < -0.39 is 0 Å². The van der Waals surface area contributed by atoms with Gasteiger partial charge in [0.15, 0.2) is 0 Å². The standard InChI is InChI=1S/C19H19FN4O/c20-14-8-6-13(7-9-14)17-18(16-10-11-21-19(25)23-16)24(12-22-17)15-4-2-1-3-5-15/h6-12,15H,1-5H2,(H,21,23,25). The molecule has 1 aromatic carbocycles. The summed E-state index contributed by atoms with van der Waals surface area (Å²) in [6, 6.07) is 8.42. The van der Waals surface area contributed by atoms with Crippen molar-refractivity contribution in [2.75, 3.05) is 0 Å². The van der Waals surface area contributed by atoms with Gasteiger partial charge in [0.2, 0.25) is 0 Å². The number of nitrogens with zero attached hydrogens (tertiary/aromatic N) is 3. The van der Waals surface area contributed by atoms with E-state index in [1.54, 1.807) is 18.2 Å². The molecule has 0 unspecified atom stereocenters. The first-order valence-corrected chi connectivity index (χ1v) is 8.61. The third-order valence-corrected chi connectivity index (χ3v) is 4.81. The second-order valence-corrected chi connectivity index (χ2v) is 6.44. The van der Waals surface area contributed by atoms with Crippen LogP contribution >= 0.6 is 0 Å². The Kier molecular flexibility index (Phi) is 4.17. The first-order valence-electron chi connectivity index (χ1n) is 8.61. The topological polar surface area (TPSA) is 63.6 Å². The van der Waals surface area contributed by atoms with Gasteiger partial charge in [-0.25, -0.2) is 19.2 Å². The number of H-pyrrole nitrogens is 1. The molecular weight excluding hydrogens is 319 g/mol. The van der Waals surface area contributed by atoms with Gasteiger partial charge in [-0.3, -0.25) is 0 Å². The van der Waals surface area contributed by atoms with Gasteiger partial charge in [-0.1, -0.05) is 19.3 Å². The third kappa shape index (κ3) is 3.12. The molecule has 0 aliphatic heterocycles. The molecule has 0 bridgehead atoms. The van der Waals surface area contributed by atoms with Crippen LogP contribution in [0.4, 0.5) is 4.39 Å². The van der Waals surface area contributed by atoms with Gasteiger partial charge in [-0.2, -0.15) is 0 Å². The van der Waals surface area contributed by atoms with E-state index in [4.69, 9.17) is 0 Å². The molecule has 0 saturated heterocycles. The highest BCUT2D eigenvalue weighted by atomic mass is 19.1. The number of hydrogen-bond acceptors (Lipinski definition) is 3. The van der Waals surface area contributed by atoms with Gasteiger partial charge in [0, 0.05) is 17.8 Å². The van der Waals surface area contributed by atoms with Gasteiger partial charge in [0.1, 0.15) is 5.82 Å². The SMILES string of the molecule is O=c1nccc(-c2c(-c3ccc(F)cc3)ncn2C2CCCCC2)[nH]1. The Balaban J connectivity index is 1.88. The minimum absolute atomic E-state index is 0.283. The average Bonchev–Trinajstić information content (AvgIpc) is 3.08. The summed E-state index contributed by atoms with van der Waals surface area (Å²) in [5.41, 5.74) is 2.72. The lowest BCUT2D eigenvalue weighted by atomic mass is 9.95. The normalized spacial score (nSPS) is 15.4. The number of nitrogens with one attached hydrogen (secondary N) is 1. The van der Waals surface area contributed by atoms with E-state index in [0.29, 0.717) is 11.7 Å². The van der Waals surface area contributed by atoms with Crippen molar-refractivity contribution in [3.8, 4) is 22.6 Å². The zero-order chi connectivity index (χ0) is 17.2. The van der Waals surface area contributed by atoms with E-state index in [0.717, 1.165) is 29.8 Å². The Morgan fingerprint density at radius 3 is 2.52 bits per heavy atom. The number of aromatic nitrogens is 4. The summed E-state index contributed by atoms with van der Waals surface area (Å²) < 4.78 is 15.4. The number of aromatic amines is 1. The van der Waals surface area contributed by atoms with Crippen molar-refractivity contribution in [1.82, 2.24) is 19.5 Å². The third-order valence-electron chi connectivity index (χ3n) is 4.81. The van der Waals surface area contributed by atoms with Crippen molar-refractivity contribution in [1.29, 1.82) is 0 Å². The predicted octanol–water partition coefficient (Wildman–Crippen LogP) is 3.94. The molecule has 0 spiro atoms.